The minimum atomic E-state index is -0.451. The maximum Gasteiger partial charge on any atom is 0.270 e. The first-order valence-electron chi connectivity index (χ1n) is 10.5. The number of aryl methyl sites for hydroxylation is 3. The van der Waals surface area contributed by atoms with Crippen LogP contribution < -0.4 is 4.90 Å². The lowest BCUT2D eigenvalue weighted by atomic mass is 10.1. The zero-order valence-electron chi connectivity index (χ0n) is 18.3. The first-order chi connectivity index (χ1) is 15.9. The van der Waals surface area contributed by atoms with Gasteiger partial charge in [0.2, 0.25) is 0 Å². The van der Waals surface area contributed by atoms with Crippen LogP contribution in [0.4, 0.5) is 10.8 Å². The Kier molecular flexibility index (Phi) is 6.60. The fraction of sp³-hybridized carbons (Fsp3) is 0.208. The fourth-order valence-corrected chi connectivity index (χ4v) is 4.78. The molecule has 168 valence electrons. The predicted molar refractivity (Wildman–Crippen MR) is 130 cm³/mol. The second-order valence-electron chi connectivity index (χ2n) is 7.75. The molecule has 33 heavy (non-hydrogen) atoms. The highest BCUT2D eigenvalue weighted by Gasteiger charge is 2.19. The zero-order valence-corrected chi connectivity index (χ0v) is 19.2. The number of non-ortho nitro benzene ring substituents is 1. The number of carbonyl (C=O) groups is 1. The number of rotatable bonds is 8. The van der Waals surface area contributed by atoms with E-state index in [0.29, 0.717) is 17.2 Å². The van der Waals surface area contributed by atoms with E-state index in [1.54, 1.807) is 35.6 Å². The van der Waals surface area contributed by atoms with Crippen molar-refractivity contribution in [2.45, 2.75) is 26.8 Å². The second-order valence-corrected chi connectivity index (χ2v) is 8.76. The first-order valence-corrected chi connectivity index (χ1v) is 11.3. The Balaban J connectivity index is 1.60. The molecule has 0 aliphatic carbocycles. The number of fused-ring (bicyclic) bond motifs is 1. The molecule has 4 aromatic rings. The Morgan fingerprint density at radius 3 is 2.88 bits per heavy atom. The molecule has 0 bridgehead atoms. The molecule has 0 N–H and O–H groups in total. The summed E-state index contributed by atoms with van der Waals surface area (Å²) in [5, 5.41) is 11.7. The van der Waals surface area contributed by atoms with Gasteiger partial charge in [0.1, 0.15) is 0 Å². The summed E-state index contributed by atoms with van der Waals surface area (Å²) in [5.41, 5.74) is 3.70. The number of amides is 1. The molecule has 2 heterocycles. The van der Waals surface area contributed by atoms with Crippen molar-refractivity contribution in [1.82, 2.24) is 14.5 Å². The van der Waals surface area contributed by atoms with Crippen molar-refractivity contribution in [1.29, 1.82) is 0 Å². The van der Waals surface area contributed by atoms with Crippen LogP contribution in [0.1, 0.15) is 23.1 Å². The van der Waals surface area contributed by atoms with E-state index in [4.69, 9.17) is 4.98 Å². The molecule has 1 amide bonds. The lowest BCUT2D eigenvalue weighted by molar-refractivity contribution is -0.384. The summed E-state index contributed by atoms with van der Waals surface area (Å²) in [6, 6.07) is 10.4. The van der Waals surface area contributed by atoms with Gasteiger partial charge in [-0.15, -0.1) is 0 Å². The van der Waals surface area contributed by atoms with Gasteiger partial charge in [-0.05, 0) is 49.1 Å². The van der Waals surface area contributed by atoms with Crippen LogP contribution in [0.15, 0.2) is 61.2 Å². The topological polar surface area (TPSA) is 94.2 Å². The fourth-order valence-electron chi connectivity index (χ4n) is 3.60. The van der Waals surface area contributed by atoms with Crippen molar-refractivity contribution in [3.05, 3.63) is 88.0 Å². The number of benzene rings is 2. The summed E-state index contributed by atoms with van der Waals surface area (Å²) < 4.78 is 3.01. The molecule has 4 rings (SSSR count). The number of imidazole rings is 1. The molecule has 2 aromatic carbocycles. The van der Waals surface area contributed by atoms with E-state index in [2.05, 4.69) is 17.1 Å². The Morgan fingerprint density at radius 1 is 1.27 bits per heavy atom. The SMILES string of the molecule is Cc1cc(C)c2nc(N(CCCn3ccnc3)C(=O)/C=C/c3cccc([N+](=O)[O-])c3)sc2c1. The van der Waals surface area contributed by atoms with Gasteiger partial charge >= 0.3 is 0 Å². The molecule has 9 heteroatoms. The number of aromatic nitrogens is 3. The van der Waals surface area contributed by atoms with Gasteiger partial charge in [0.05, 0.1) is 21.5 Å². The highest BCUT2D eigenvalue weighted by Crippen LogP contribution is 2.32. The Hall–Kier alpha value is -3.85. The van der Waals surface area contributed by atoms with Gasteiger partial charge in [-0.3, -0.25) is 19.8 Å². The van der Waals surface area contributed by atoms with Gasteiger partial charge in [-0.1, -0.05) is 29.5 Å². The molecule has 0 fully saturated rings. The molecule has 0 aliphatic rings. The maximum absolute atomic E-state index is 13.2. The summed E-state index contributed by atoms with van der Waals surface area (Å²) in [4.78, 5) is 34.3. The van der Waals surface area contributed by atoms with E-state index in [1.165, 1.54) is 29.5 Å². The molecular formula is C24H23N5O3S. The Bertz CT molecular complexity index is 1330. The van der Waals surface area contributed by atoms with Crippen molar-refractivity contribution < 1.29 is 9.72 Å². The van der Waals surface area contributed by atoms with Crippen molar-refractivity contribution in [2.75, 3.05) is 11.4 Å². The Labute approximate surface area is 195 Å². The van der Waals surface area contributed by atoms with E-state index in [-0.39, 0.29) is 11.6 Å². The van der Waals surface area contributed by atoms with Gasteiger partial charge in [-0.25, -0.2) is 9.97 Å². The number of nitro benzene ring substituents is 1. The normalized spacial score (nSPS) is 11.3. The molecular weight excluding hydrogens is 438 g/mol. The first kappa shape index (κ1) is 22.3. The third-order valence-corrected chi connectivity index (χ3v) is 6.20. The molecule has 0 saturated carbocycles. The molecule has 0 atom stereocenters. The average molecular weight is 462 g/mol. The lowest BCUT2D eigenvalue weighted by Crippen LogP contribution is -2.30. The second kappa shape index (κ2) is 9.74. The number of nitro groups is 1. The van der Waals surface area contributed by atoms with Gasteiger partial charge in [0.25, 0.3) is 11.6 Å². The molecule has 8 nitrogen and oxygen atoms in total. The minimum absolute atomic E-state index is 0.0150. The van der Waals surface area contributed by atoms with Gasteiger partial charge in [0.15, 0.2) is 5.13 Å². The van der Waals surface area contributed by atoms with Crippen LogP contribution >= 0.6 is 11.3 Å². The number of carbonyl (C=O) groups excluding carboxylic acids is 1. The van der Waals surface area contributed by atoms with Gasteiger partial charge in [-0.2, -0.15) is 0 Å². The number of hydrogen-bond acceptors (Lipinski definition) is 6. The molecule has 0 spiro atoms. The predicted octanol–water partition coefficient (Wildman–Crippen LogP) is 5.15. The summed E-state index contributed by atoms with van der Waals surface area (Å²) in [5.74, 6) is -0.222. The highest BCUT2D eigenvalue weighted by atomic mass is 32.1. The summed E-state index contributed by atoms with van der Waals surface area (Å²) in [7, 11) is 0. The Morgan fingerprint density at radius 2 is 2.12 bits per heavy atom. The molecule has 2 aromatic heterocycles. The van der Waals surface area contributed by atoms with Crippen LogP contribution in [-0.4, -0.2) is 31.9 Å². The van der Waals surface area contributed by atoms with E-state index in [0.717, 1.165) is 34.3 Å². The van der Waals surface area contributed by atoms with E-state index in [9.17, 15) is 14.9 Å². The lowest BCUT2D eigenvalue weighted by Gasteiger charge is -2.18. The zero-order chi connectivity index (χ0) is 23.4. The van der Waals surface area contributed by atoms with Gasteiger partial charge in [0, 0.05) is 43.7 Å². The van der Waals surface area contributed by atoms with Crippen LogP contribution in [0, 0.1) is 24.0 Å². The monoisotopic (exact) mass is 461 g/mol. The number of nitrogens with zero attached hydrogens (tertiary/aromatic N) is 5. The van der Waals surface area contributed by atoms with E-state index in [1.807, 2.05) is 24.6 Å². The van der Waals surface area contributed by atoms with Crippen LogP contribution in [0.3, 0.4) is 0 Å². The number of hydrogen-bond donors (Lipinski definition) is 0. The van der Waals surface area contributed by atoms with Crippen molar-refractivity contribution in [3.8, 4) is 0 Å². The van der Waals surface area contributed by atoms with Crippen molar-refractivity contribution in [3.63, 3.8) is 0 Å². The summed E-state index contributed by atoms with van der Waals surface area (Å²) in [6.07, 6.45) is 9.13. The summed E-state index contributed by atoms with van der Waals surface area (Å²) >= 11 is 1.49. The van der Waals surface area contributed by atoms with Crippen molar-refractivity contribution >= 4 is 44.4 Å². The average Bonchev–Trinajstić information content (AvgIpc) is 3.45. The van der Waals surface area contributed by atoms with E-state index >= 15 is 0 Å². The maximum atomic E-state index is 13.2. The van der Waals surface area contributed by atoms with Crippen LogP contribution in [0.25, 0.3) is 16.3 Å². The quantitative estimate of drug-likeness (QED) is 0.205. The standard InChI is InChI=1S/C24H23N5O3S/c1-17-13-18(2)23-21(14-17)33-24(26-23)28(11-4-10-27-12-9-25-16-27)22(30)8-7-19-5-3-6-20(15-19)29(31)32/h3,5-9,12-16H,4,10-11H2,1-2H3/b8-7+. The third-order valence-electron chi connectivity index (χ3n) is 5.17. The highest BCUT2D eigenvalue weighted by molar-refractivity contribution is 7.22. The smallest absolute Gasteiger partial charge is 0.270 e. The van der Waals surface area contributed by atoms with Crippen LogP contribution in [0.2, 0.25) is 0 Å². The molecule has 0 aliphatic heterocycles. The van der Waals surface area contributed by atoms with Crippen molar-refractivity contribution in [2.24, 2.45) is 0 Å². The largest absolute Gasteiger partial charge is 0.337 e. The number of thiazole rings is 1. The third kappa shape index (κ3) is 5.32. The van der Waals surface area contributed by atoms with E-state index < -0.39 is 4.92 Å². The van der Waals surface area contributed by atoms with Crippen LogP contribution in [-0.2, 0) is 11.3 Å². The molecule has 0 saturated heterocycles. The molecule has 0 radical (unpaired) electrons. The van der Waals surface area contributed by atoms with Crippen LogP contribution in [0.5, 0.6) is 0 Å². The number of anilines is 1. The molecule has 0 unspecified atom stereocenters. The van der Waals surface area contributed by atoms with Gasteiger partial charge < -0.3 is 4.57 Å². The summed E-state index contributed by atoms with van der Waals surface area (Å²) in [6.45, 7) is 5.27. The minimum Gasteiger partial charge on any atom is -0.337 e.